The molecule has 0 amide bonds. The van der Waals surface area contributed by atoms with Crippen LogP contribution >= 0.6 is 0 Å². The first kappa shape index (κ1) is 22.1. The molecule has 5 atom stereocenters. The summed E-state index contributed by atoms with van der Waals surface area (Å²) < 4.78 is 0. The summed E-state index contributed by atoms with van der Waals surface area (Å²) >= 11 is 0. The third kappa shape index (κ3) is 6.73. The smallest absolute Gasteiger partial charge is 0.108 e. The van der Waals surface area contributed by atoms with Crippen LogP contribution in [0.2, 0.25) is 0 Å². The van der Waals surface area contributed by atoms with Gasteiger partial charge >= 0.3 is 0 Å². The van der Waals surface area contributed by atoms with E-state index < -0.39 is 18.3 Å². The minimum absolute atomic E-state index is 0.124. The van der Waals surface area contributed by atoms with Crippen LogP contribution in [0.5, 0.6) is 0 Å². The molecule has 2 fully saturated rings. The molecule has 0 aromatic rings. The van der Waals surface area contributed by atoms with Crippen LogP contribution in [0, 0.1) is 11.8 Å². The zero-order valence-electron chi connectivity index (χ0n) is 16.4. The normalized spacial score (nSPS) is 34.7. The number of β-amino-alcohol motifs (C(OH)–C–C–N with tert-alkyl or cyclic N) is 2. The van der Waals surface area contributed by atoms with Gasteiger partial charge in [-0.05, 0) is 44.1 Å². The number of hydrogen-bond acceptors (Lipinski definition) is 6. The highest BCUT2D eigenvalue weighted by Gasteiger charge is 2.33. The molecular formula is C20H40N2O4. The predicted molar refractivity (Wildman–Crippen MR) is 103 cm³/mol. The number of piperidine rings is 1. The van der Waals surface area contributed by atoms with Crippen LogP contribution in [-0.4, -0.2) is 82.5 Å². The number of aliphatic hydroxyl groups excluding tert-OH is 4. The number of unbranched alkanes of at least 4 members (excludes halogenated alkanes) is 1. The maximum atomic E-state index is 9.79. The van der Waals surface area contributed by atoms with E-state index in [0.29, 0.717) is 25.7 Å². The first-order valence-electron chi connectivity index (χ1n) is 10.7. The van der Waals surface area contributed by atoms with E-state index in [1.165, 1.54) is 32.1 Å². The molecule has 2 aliphatic rings. The van der Waals surface area contributed by atoms with Gasteiger partial charge in [0.25, 0.3) is 0 Å². The number of aliphatic hydroxyl groups is 4. The van der Waals surface area contributed by atoms with E-state index in [9.17, 15) is 20.4 Å². The number of likely N-dealkylation sites (tertiary alicyclic amines) is 1. The number of nitrogens with one attached hydrogen (secondary N) is 1. The van der Waals surface area contributed by atoms with Crippen LogP contribution in [0.1, 0.15) is 58.3 Å². The average Bonchev–Trinajstić information content (AvgIpc) is 2.65. The van der Waals surface area contributed by atoms with Crippen molar-refractivity contribution in [2.45, 2.75) is 82.6 Å². The second-order valence-corrected chi connectivity index (χ2v) is 8.40. The lowest BCUT2D eigenvalue weighted by Crippen LogP contribution is -2.56. The summed E-state index contributed by atoms with van der Waals surface area (Å²) in [5.41, 5.74) is 0. The molecule has 0 spiro atoms. The highest BCUT2D eigenvalue weighted by Crippen LogP contribution is 2.26. The first-order valence-corrected chi connectivity index (χ1v) is 10.7. The molecule has 6 heteroatoms. The molecule has 1 saturated heterocycles. The largest absolute Gasteiger partial charge is 0.396 e. The van der Waals surface area contributed by atoms with Crippen LogP contribution in [0.15, 0.2) is 0 Å². The zero-order valence-corrected chi connectivity index (χ0v) is 16.4. The maximum Gasteiger partial charge on any atom is 0.108 e. The minimum atomic E-state index is -1.06. The van der Waals surface area contributed by atoms with Crippen molar-refractivity contribution >= 4 is 0 Å². The Balaban J connectivity index is 1.61. The van der Waals surface area contributed by atoms with Crippen LogP contribution in [-0.2, 0) is 0 Å². The van der Waals surface area contributed by atoms with E-state index in [4.69, 9.17) is 0 Å². The highest BCUT2D eigenvalue weighted by molar-refractivity contribution is 4.87. The molecule has 0 radical (unpaired) electrons. The summed E-state index contributed by atoms with van der Waals surface area (Å²) in [6.07, 6.45) is 6.93. The van der Waals surface area contributed by atoms with Gasteiger partial charge in [0.15, 0.2) is 0 Å². The van der Waals surface area contributed by atoms with Crippen LogP contribution in [0.3, 0.4) is 0 Å². The lowest BCUT2D eigenvalue weighted by atomic mass is 9.83. The fourth-order valence-corrected chi connectivity index (χ4v) is 4.64. The Kier molecular flexibility index (Phi) is 9.81. The van der Waals surface area contributed by atoms with Crippen molar-refractivity contribution in [1.82, 2.24) is 10.2 Å². The molecule has 1 aliphatic heterocycles. The second-order valence-electron chi connectivity index (χ2n) is 8.40. The van der Waals surface area contributed by atoms with Crippen LogP contribution in [0.4, 0.5) is 0 Å². The fourth-order valence-electron chi connectivity index (χ4n) is 4.64. The molecular weight excluding hydrogens is 332 g/mol. The molecule has 2 rings (SSSR count). The monoisotopic (exact) mass is 372 g/mol. The lowest BCUT2D eigenvalue weighted by Gasteiger charge is -2.38. The van der Waals surface area contributed by atoms with Crippen molar-refractivity contribution in [2.75, 3.05) is 32.8 Å². The standard InChI is InChI=1S/C20H40N2O4/c1-2-16-8-3-4-9-17(16)21-10-6-5-7-15(14-23)11-22-12-18(24)20(26)19(25)13-22/h15-21,23-26H,2-14H2,1H3/t15-,16?,17?,18?,19?,20?/m1/s1. The van der Waals surface area contributed by atoms with Crippen LogP contribution in [0.25, 0.3) is 0 Å². The quantitative estimate of drug-likeness (QED) is 0.363. The average molecular weight is 373 g/mol. The predicted octanol–water partition coefficient (Wildman–Crippen LogP) is 0.722. The maximum absolute atomic E-state index is 9.79. The fraction of sp³-hybridized carbons (Fsp3) is 1.00. The summed E-state index contributed by atoms with van der Waals surface area (Å²) in [5, 5.41) is 42.6. The Bertz CT molecular complexity index is 373. The van der Waals surface area contributed by atoms with Crippen molar-refractivity contribution < 1.29 is 20.4 Å². The van der Waals surface area contributed by atoms with Gasteiger partial charge in [-0.1, -0.05) is 32.6 Å². The number of hydrogen-bond donors (Lipinski definition) is 5. The molecule has 1 saturated carbocycles. The van der Waals surface area contributed by atoms with Gasteiger partial charge in [-0.3, -0.25) is 4.90 Å². The van der Waals surface area contributed by atoms with E-state index in [0.717, 1.165) is 31.7 Å². The van der Waals surface area contributed by atoms with E-state index in [-0.39, 0.29) is 12.5 Å². The zero-order chi connectivity index (χ0) is 18.9. The van der Waals surface area contributed by atoms with Gasteiger partial charge in [-0.25, -0.2) is 0 Å². The van der Waals surface area contributed by atoms with Gasteiger partial charge in [0.1, 0.15) is 6.10 Å². The van der Waals surface area contributed by atoms with Crippen molar-refractivity contribution in [1.29, 1.82) is 0 Å². The minimum Gasteiger partial charge on any atom is -0.396 e. The van der Waals surface area contributed by atoms with Crippen molar-refractivity contribution in [2.24, 2.45) is 11.8 Å². The molecule has 0 aromatic heterocycles. The van der Waals surface area contributed by atoms with Gasteiger partial charge in [-0.15, -0.1) is 0 Å². The molecule has 154 valence electrons. The lowest BCUT2D eigenvalue weighted by molar-refractivity contribution is -0.112. The van der Waals surface area contributed by atoms with Gasteiger partial charge in [0, 0.05) is 32.3 Å². The SMILES string of the molecule is CCC1CCCCC1NCCCC[C@@H](CO)CN1CC(O)C(O)C(O)C1. The highest BCUT2D eigenvalue weighted by atomic mass is 16.4. The van der Waals surface area contributed by atoms with Gasteiger partial charge in [-0.2, -0.15) is 0 Å². The molecule has 26 heavy (non-hydrogen) atoms. The van der Waals surface area contributed by atoms with E-state index in [2.05, 4.69) is 12.2 Å². The molecule has 0 aromatic carbocycles. The van der Waals surface area contributed by atoms with E-state index in [1.807, 2.05) is 4.90 Å². The molecule has 6 nitrogen and oxygen atoms in total. The van der Waals surface area contributed by atoms with E-state index >= 15 is 0 Å². The third-order valence-electron chi connectivity index (χ3n) is 6.33. The Hall–Kier alpha value is -0.240. The van der Waals surface area contributed by atoms with Gasteiger partial charge in [0.05, 0.1) is 12.2 Å². The van der Waals surface area contributed by atoms with Gasteiger partial charge in [0.2, 0.25) is 0 Å². The Morgan fingerprint density at radius 2 is 1.73 bits per heavy atom. The molecule has 0 bridgehead atoms. The topological polar surface area (TPSA) is 96.2 Å². The van der Waals surface area contributed by atoms with E-state index in [1.54, 1.807) is 0 Å². The third-order valence-corrected chi connectivity index (χ3v) is 6.33. The number of nitrogens with zero attached hydrogens (tertiary/aromatic N) is 1. The summed E-state index contributed by atoms with van der Waals surface area (Å²) in [6.45, 7) is 4.84. The molecule has 4 unspecified atom stereocenters. The number of rotatable bonds is 10. The summed E-state index contributed by atoms with van der Waals surface area (Å²) in [4.78, 5) is 1.95. The molecule has 5 N–H and O–H groups in total. The Morgan fingerprint density at radius 3 is 2.38 bits per heavy atom. The summed E-state index contributed by atoms with van der Waals surface area (Å²) in [6, 6.07) is 0.685. The van der Waals surface area contributed by atoms with Crippen molar-refractivity contribution in [3.8, 4) is 0 Å². The van der Waals surface area contributed by atoms with Crippen molar-refractivity contribution in [3.63, 3.8) is 0 Å². The Labute approximate surface area is 158 Å². The van der Waals surface area contributed by atoms with Gasteiger partial charge < -0.3 is 25.7 Å². The Morgan fingerprint density at radius 1 is 1.04 bits per heavy atom. The summed E-state index contributed by atoms with van der Waals surface area (Å²) in [5.74, 6) is 0.990. The second kappa shape index (κ2) is 11.6. The van der Waals surface area contributed by atoms with Crippen molar-refractivity contribution in [3.05, 3.63) is 0 Å². The summed E-state index contributed by atoms with van der Waals surface area (Å²) in [7, 11) is 0. The van der Waals surface area contributed by atoms with Crippen LogP contribution < -0.4 is 5.32 Å². The first-order chi connectivity index (χ1) is 12.5. The molecule has 1 heterocycles. The molecule has 1 aliphatic carbocycles.